The maximum Gasteiger partial charge on any atom is 0.339 e. The van der Waals surface area contributed by atoms with Crippen LogP contribution in [-0.4, -0.2) is 44.3 Å². The lowest BCUT2D eigenvalue weighted by Crippen LogP contribution is -2.47. The maximum absolute atomic E-state index is 12.6. The molecule has 4 atom stereocenters. The van der Waals surface area contributed by atoms with Crippen molar-refractivity contribution in [2.45, 2.75) is 52.2 Å². The average Bonchev–Trinajstić information content (AvgIpc) is 2.70. The lowest BCUT2D eigenvalue weighted by molar-refractivity contribution is -0.130. The highest BCUT2D eigenvalue weighted by Crippen LogP contribution is 2.40. The van der Waals surface area contributed by atoms with Crippen LogP contribution in [0.4, 0.5) is 0 Å². The van der Waals surface area contributed by atoms with Crippen molar-refractivity contribution in [2.24, 2.45) is 11.8 Å². The van der Waals surface area contributed by atoms with Crippen molar-refractivity contribution in [3.8, 4) is 17.2 Å². The molecule has 0 saturated heterocycles. The van der Waals surface area contributed by atoms with Crippen LogP contribution in [0.5, 0.6) is 17.2 Å². The average molecular weight is 391 g/mol. The molecular weight excluding hydrogens is 362 g/mol. The molecule has 1 heterocycles. The molecule has 1 saturated carbocycles. The van der Waals surface area contributed by atoms with E-state index in [1.165, 1.54) is 19.6 Å². The predicted octanol–water partition coefficient (Wildman–Crippen LogP) is 2.95. The Morgan fingerprint density at radius 3 is 2.68 bits per heavy atom. The van der Waals surface area contributed by atoms with Crippen molar-refractivity contribution in [1.29, 1.82) is 0 Å². The second-order valence-electron chi connectivity index (χ2n) is 7.63. The second kappa shape index (κ2) is 8.71. The molecule has 1 aliphatic heterocycles. The van der Waals surface area contributed by atoms with Gasteiger partial charge in [-0.05, 0) is 37.3 Å². The fourth-order valence-electron chi connectivity index (χ4n) is 3.76. The molecular formula is C21H29NO6. The van der Waals surface area contributed by atoms with Crippen molar-refractivity contribution in [3.05, 3.63) is 17.7 Å². The summed E-state index contributed by atoms with van der Waals surface area (Å²) in [7, 11) is 1.49. The van der Waals surface area contributed by atoms with Crippen molar-refractivity contribution >= 4 is 11.9 Å². The van der Waals surface area contributed by atoms with Gasteiger partial charge in [0, 0.05) is 6.04 Å². The van der Waals surface area contributed by atoms with Crippen LogP contribution in [0.25, 0.3) is 0 Å². The third kappa shape index (κ3) is 4.34. The summed E-state index contributed by atoms with van der Waals surface area (Å²) in [4.78, 5) is 25.1. The van der Waals surface area contributed by atoms with E-state index in [9.17, 15) is 9.59 Å². The third-order valence-electron chi connectivity index (χ3n) is 5.75. The molecule has 0 unspecified atom stereocenters. The molecule has 0 radical (unpaired) electrons. The van der Waals surface area contributed by atoms with Crippen LogP contribution < -0.4 is 19.5 Å². The van der Waals surface area contributed by atoms with E-state index in [2.05, 4.69) is 19.2 Å². The number of benzene rings is 1. The van der Waals surface area contributed by atoms with Gasteiger partial charge in [0.2, 0.25) is 5.75 Å². The Morgan fingerprint density at radius 1 is 1.18 bits per heavy atom. The molecule has 0 spiro atoms. The number of fused-ring (bicyclic) bond motifs is 1. The minimum atomic E-state index is -0.892. The van der Waals surface area contributed by atoms with Crippen molar-refractivity contribution in [2.75, 3.05) is 20.3 Å². The highest BCUT2D eigenvalue weighted by atomic mass is 16.6. The van der Waals surface area contributed by atoms with Gasteiger partial charge in [-0.15, -0.1) is 0 Å². The number of rotatable bonds is 5. The smallest absolute Gasteiger partial charge is 0.339 e. The van der Waals surface area contributed by atoms with E-state index in [1.54, 1.807) is 13.0 Å². The van der Waals surface area contributed by atoms with E-state index < -0.39 is 12.1 Å². The number of esters is 1. The number of carbonyl (C=O) groups excluding carboxylic acids is 2. The zero-order chi connectivity index (χ0) is 20.3. The molecule has 3 rings (SSSR count). The van der Waals surface area contributed by atoms with Crippen LogP contribution in [0, 0.1) is 11.8 Å². The molecule has 1 fully saturated rings. The van der Waals surface area contributed by atoms with Gasteiger partial charge in [0.1, 0.15) is 13.2 Å². The fourth-order valence-corrected chi connectivity index (χ4v) is 3.76. The van der Waals surface area contributed by atoms with E-state index >= 15 is 0 Å². The Labute approximate surface area is 165 Å². The molecule has 1 aromatic rings. The quantitative estimate of drug-likeness (QED) is 0.777. The summed E-state index contributed by atoms with van der Waals surface area (Å²) in [5, 5.41) is 3.04. The summed E-state index contributed by atoms with van der Waals surface area (Å²) in [5.41, 5.74) is 0.250. The molecule has 0 bridgehead atoms. The van der Waals surface area contributed by atoms with E-state index in [4.69, 9.17) is 18.9 Å². The molecule has 2 aliphatic rings. The van der Waals surface area contributed by atoms with Crippen LogP contribution in [0.2, 0.25) is 0 Å². The van der Waals surface area contributed by atoms with Crippen molar-refractivity contribution in [1.82, 2.24) is 5.32 Å². The summed E-state index contributed by atoms with van der Waals surface area (Å²) < 4.78 is 21.8. The Hall–Kier alpha value is -2.44. The number of ether oxygens (including phenoxy) is 4. The molecule has 1 N–H and O–H groups in total. The summed E-state index contributed by atoms with van der Waals surface area (Å²) >= 11 is 0. The van der Waals surface area contributed by atoms with Gasteiger partial charge in [-0.2, -0.15) is 0 Å². The van der Waals surface area contributed by atoms with Gasteiger partial charge in [0.25, 0.3) is 5.91 Å². The van der Waals surface area contributed by atoms with Crippen LogP contribution >= 0.6 is 0 Å². The molecule has 1 aromatic carbocycles. The summed E-state index contributed by atoms with van der Waals surface area (Å²) in [6.07, 6.45) is 2.35. The Balaban J connectivity index is 1.64. The molecule has 1 amide bonds. The van der Waals surface area contributed by atoms with Crippen LogP contribution in [0.1, 0.15) is 50.4 Å². The Morgan fingerprint density at radius 2 is 1.93 bits per heavy atom. The highest BCUT2D eigenvalue weighted by Gasteiger charge is 2.30. The largest absolute Gasteiger partial charge is 0.493 e. The van der Waals surface area contributed by atoms with Gasteiger partial charge in [0.15, 0.2) is 17.6 Å². The Bertz CT molecular complexity index is 717. The van der Waals surface area contributed by atoms with Gasteiger partial charge in [-0.3, -0.25) is 4.79 Å². The first-order chi connectivity index (χ1) is 13.4. The van der Waals surface area contributed by atoms with Gasteiger partial charge < -0.3 is 24.3 Å². The number of amides is 1. The molecule has 7 nitrogen and oxygen atoms in total. The first-order valence-corrected chi connectivity index (χ1v) is 9.89. The van der Waals surface area contributed by atoms with Crippen molar-refractivity contribution in [3.63, 3.8) is 0 Å². The SMILES string of the molecule is COc1cc(C(=O)O[C@H](C)C(=O)N[C@H]2CCC[C@@H](C)[C@H]2C)cc2c1OCCO2. The number of nitrogens with one attached hydrogen (secondary N) is 1. The first kappa shape index (κ1) is 20.3. The highest BCUT2D eigenvalue weighted by molar-refractivity contribution is 5.93. The van der Waals surface area contributed by atoms with E-state index in [-0.39, 0.29) is 17.5 Å². The molecule has 0 aromatic heterocycles. The maximum atomic E-state index is 12.6. The van der Waals surface area contributed by atoms with Gasteiger partial charge >= 0.3 is 5.97 Å². The molecule has 1 aliphatic carbocycles. The third-order valence-corrected chi connectivity index (χ3v) is 5.75. The van der Waals surface area contributed by atoms with Crippen LogP contribution in [0.15, 0.2) is 12.1 Å². The minimum Gasteiger partial charge on any atom is -0.493 e. The van der Waals surface area contributed by atoms with Gasteiger partial charge in [-0.1, -0.05) is 26.7 Å². The second-order valence-corrected chi connectivity index (χ2v) is 7.63. The zero-order valence-electron chi connectivity index (χ0n) is 16.9. The van der Waals surface area contributed by atoms with Gasteiger partial charge in [-0.25, -0.2) is 4.79 Å². The van der Waals surface area contributed by atoms with Crippen LogP contribution in [-0.2, 0) is 9.53 Å². The molecule has 154 valence electrons. The van der Waals surface area contributed by atoms with E-state index in [0.717, 1.165) is 12.8 Å². The lowest BCUT2D eigenvalue weighted by atomic mass is 9.78. The summed E-state index contributed by atoms with van der Waals surface area (Å²) in [5.74, 6) is 1.39. The summed E-state index contributed by atoms with van der Waals surface area (Å²) in [6, 6.07) is 3.20. The van der Waals surface area contributed by atoms with Crippen molar-refractivity contribution < 1.29 is 28.5 Å². The summed E-state index contributed by atoms with van der Waals surface area (Å²) in [6.45, 7) is 6.77. The number of carbonyl (C=O) groups is 2. The lowest BCUT2D eigenvalue weighted by Gasteiger charge is -2.35. The van der Waals surface area contributed by atoms with Crippen LogP contribution in [0.3, 0.4) is 0 Å². The normalized spacial score (nSPS) is 24.8. The topological polar surface area (TPSA) is 83.1 Å². The molecule has 28 heavy (non-hydrogen) atoms. The standard InChI is InChI=1S/C21H29NO6/c1-12-6-5-7-16(13(12)2)22-20(23)14(3)28-21(24)15-10-17(25-4)19-18(11-15)26-8-9-27-19/h10-14,16H,5-9H2,1-4H3,(H,22,23)/t12-,13-,14-,16+/m1/s1. The van der Waals surface area contributed by atoms with E-state index in [1.807, 2.05) is 0 Å². The minimum absolute atomic E-state index is 0.117. The Kier molecular flexibility index (Phi) is 6.31. The number of hydrogen-bond acceptors (Lipinski definition) is 6. The van der Waals surface area contributed by atoms with E-state index in [0.29, 0.717) is 42.3 Å². The zero-order valence-corrected chi connectivity index (χ0v) is 16.9. The fraction of sp³-hybridized carbons (Fsp3) is 0.619. The van der Waals surface area contributed by atoms with Gasteiger partial charge in [0.05, 0.1) is 12.7 Å². The monoisotopic (exact) mass is 391 g/mol. The number of hydrogen-bond donors (Lipinski definition) is 1. The number of methoxy groups -OCH3 is 1. The predicted molar refractivity (Wildman–Crippen MR) is 103 cm³/mol. The molecule has 7 heteroatoms. The first-order valence-electron chi connectivity index (χ1n) is 9.89.